The van der Waals surface area contributed by atoms with E-state index in [0.29, 0.717) is 17.9 Å². The summed E-state index contributed by atoms with van der Waals surface area (Å²) < 4.78 is 6.35. The molecule has 0 aliphatic heterocycles. The van der Waals surface area contributed by atoms with Gasteiger partial charge in [-0.15, -0.1) is 0 Å². The van der Waals surface area contributed by atoms with E-state index in [1.807, 2.05) is 26.0 Å². The van der Waals surface area contributed by atoms with Crippen LogP contribution < -0.4 is 4.74 Å². The number of halogens is 1. The Hall–Kier alpha value is -0.830. The smallest absolute Gasteiger partial charge is 0.163 e. The molecule has 0 aromatic heterocycles. The number of hydrogen-bond donors (Lipinski definition) is 0. The first kappa shape index (κ1) is 11.2. The van der Waals surface area contributed by atoms with Gasteiger partial charge in [-0.3, -0.25) is 4.79 Å². The highest BCUT2D eigenvalue weighted by molar-refractivity contribution is 9.10. The van der Waals surface area contributed by atoms with E-state index < -0.39 is 0 Å². The second-order valence-electron chi connectivity index (χ2n) is 3.09. The molecule has 0 aliphatic rings. The van der Waals surface area contributed by atoms with Gasteiger partial charge in [0.15, 0.2) is 5.78 Å². The van der Waals surface area contributed by atoms with Gasteiger partial charge in [0.2, 0.25) is 0 Å². The van der Waals surface area contributed by atoms with Crippen LogP contribution in [0.1, 0.15) is 29.8 Å². The third-order valence-electron chi connectivity index (χ3n) is 1.94. The summed E-state index contributed by atoms with van der Waals surface area (Å²) >= 11 is 3.41. The van der Waals surface area contributed by atoms with E-state index in [1.165, 1.54) is 0 Å². The Bertz CT molecular complexity index is 359. The zero-order valence-corrected chi connectivity index (χ0v) is 10.1. The first-order valence-corrected chi connectivity index (χ1v) is 5.29. The number of aryl methyl sites for hydroxylation is 1. The Morgan fingerprint density at radius 3 is 2.64 bits per heavy atom. The molecule has 0 N–H and O–H groups in total. The molecule has 0 bridgehead atoms. The Labute approximate surface area is 92.4 Å². The lowest BCUT2D eigenvalue weighted by atomic mass is 10.1. The van der Waals surface area contributed by atoms with Crippen molar-refractivity contribution in [2.24, 2.45) is 0 Å². The van der Waals surface area contributed by atoms with Crippen molar-refractivity contribution in [1.82, 2.24) is 0 Å². The molecule has 0 unspecified atom stereocenters. The molecule has 76 valence electrons. The number of hydrogen-bond acceptors (Lipinski definition) is 2. The molecule has 0 spiro atoms. The van der Waals surface area contributed by atoms with Crippen molar-refractivity contribution in [2.75, 3.05) is 6.61 Å². The molecule has 14 heavy (non-hydrogen) atoms. The molecule has 0 saturated heterocycles. The Morgan fingerprint density at radius 2 is 2.14 bits per heavy atom. The quantitative estimate of drug-likeness (QED) is 0.776. The van der Waals surface area contributed by atoms with Crippen LogP contribution in [0.15, 0.2) is 16.6 Å². The third kappa shape index (κ3) is 2.35. The maximum Gasteiger partial charge on any atom is 0.163 e. The highest BCUT2D eigenvalue weighted by atomic mass is 79.9. The summed E-state index contributed by atoms with van der Waals surface area (Å²) in [6, 6.07) is 3.69. The summed E-state index contributed by atoms with van der Waals surface area (Å²) in [6.07, 6.45) is 0. The minimum Gasteiger partial charge on any atom is -0.493 e. The highest BCUT2D eigenvalue weighted by Crippen LogP contribution is 2.27. The zero-order valence-electron chi connectivity index (χ0n) is 8.56. The van der Waals surface area contributed by atoms with Gasteiger partial charge < -0.3 is 4.74 Å². The second kappa shape index (κ2) is 4.60. The van der Waals surface area contributed by atoms with Crippen LogP contribution in [-0.4, -0.2) is 12.4 Å². The van der Waals surface area contributed by atoms with E-state index >= 15 is 0 Å². The van der Waals surface area contributed by atoms with Crippen LogP contribution in [-0.2, 0) is 0 Å². The average molecular weight is 257 g/mol. The Kier molecular flexibility index (Phi) is 3.69. The van der Waals surface area contributed by atoms with Crippen molar-refractivity contribution < 1.29 is 9.53 Å². The van der Waals surface area contributed by atoms with Crippen LogP contribution in [0, 0.1) is 6.92 Å². The normalized spacial score (nSPS) is 10.0. The van der Waals surface area contributed by atoms with Crippen molar-refractivity contribution in [3.63, 3.8) is 0 Å². The van der Waals surface area contributed by atoms with Gasteiger partial charge in [0.25, 0.3) is 0 Å². The zero-order chi connectivity index (χ0) is 10.7. The maximum atomic E-state index is 11.3. The average Bonchev–Trinajstić information content (AvgIpc) is 2.11. The molecule has 0 radical (unpaired) electrons. The van der Waals surface area contributed by atoms with Gasteiger partial charge in [0, 0.05) is 4.47 Å². The lowest BCUT2D eigenvalue weighted by Gasteiger charge is -2.10. The van der Waals surface area contributed by atoms with Crippen molar-refractivity contribution >= 4 is 21.7 Å². The number of ketones is 1. The molecule has 0 heterocycles. The minimum absolute atomic E-state index is 0.0315. The molecule has 0 atom stereocenters. The van der Waals surface area contributed by atoms with Crippen LogP contribution in [0.2, 0.25) is 0 Å². The van der Waals surface area contributed by atoms with E-state index in [1.54, 1.807) is 6.92 Å². The van der Waals surface area contributed by atoms with Gasteiger partial charge in [-0.2, -0.15) is 0 Å². The van der Waals surface area contributed by atoms with E-state index in [-0.39, 0.29) is 5.78 Å². The van der Waals surface area contributed by atoms with Crippen LogP contribution >= 0.6 is 15.9 Å². The standard InChI is InChI=1S/C11H13BrO2/c1-4-14-11-6-10(12)7(2)5-9(11)8(3)13/h5-6H,4H2,1-3H3. The summed E-state index contributed by atoms with van der Waals surface area (Å²) in [4.78, 5) is 11.3. The lowest BCUT2D eigenvalue weighted by molar-refractivity contribution is 0.101. The first-order chi connectivity index (χ1) is 6.56. The molecule has 1 rings (SSSR count). The second-order valence-corrected chi connectivity index (χ2v) is 3.94. The first-order valence-electron chi connectivity index (χ1n) is 4.50. The third-order valence-corrected chi connectivity index (χ3v) is 2.79. The molecular formula is C11H13BrO2. The monoisotopic (exact) mass is 256 g/mol. The van der Waals surface area contributed by atoms with Crippen molar-refractivity contribution in [3.05, 3.63) is 27.7 Å². The predicted molar refractivity (Wildman–Crippen MR) is 60.1 cm³/mol. The Morgan fingerprint density at radius 1 is 1.50 bits per heavy atom. The molecule has 2 nitrogen and oxygen atoms in total. The van der Waals surface area contributed by atoms with E-state index in [2.05, 4.69) is 15.9 Å². The van der Waals surface area contributed by atoms with Crippen LogP contribution in [0.25, 0.3) is 0 Å². The number of carbonyl (C=O) groups excluding carboxylic acids is 1. The summed E-state index contributed by atoms with van der Waals surface area (Å²) in [5.74, 6) is 0.682. The van der Waals surface area contributed by atoms with Crippen molar-refractivity contribution in [1.29, 1.82) is 0 Å². The number of Topliss-reactive ketones (excluding diaryl/α,β-unsaturated/α-hetero) is 1. The number of benzene rings is 1. The predicted octanol–water partition coefficient (Wildman–Crippen LogP) is 3.36. The fourth-order valence-electron chi connectivity index (χ4n) is 1.21. The van der Waals surface area contributed by atoms with Gasteiger partial charge in [-0.05, 0) is 38.5 Å². The molecular weight excluding hydrogens is 244 g/mol. The van der Waals surface area contributed by atoms with E-state index in [4.69, 9.17) is 4.74 Å². The maximum absolute atomic E-state index is 11.3. The molecule has 0 fully saturated rings. The van der Waals surface area contributed by atoms with Gasteiger partial charge in [0.05, 0.1) is 12.2 Å². The topological polar surface area (TPSA) is 26.3 Å². The molecule has 0 saturated carbocycles. The molecule has 1 aromatic carbocycles. The molecule has 3 heteroatoms. The largest absolute Gasteiger partial charge is 0.493 e. The van der Waals surface area contributed by atoms with Crippen LogP contribution in [0.3, 0.4) is 0 Å². The van der Waals surface area contributed by atoms with Crippen LogP contribution in [0.4, 0.5) is 0 Å². The summed E-state index contributed by atoms with van der Waals surface area (Å²) in [6.45, 7) is 5.96. The summed E-state index contributed by atoms with van der Waals surface area (Å²) in [5, 5.41) is 0. The minimum atomic E-state index is 0.0315. The van der Waals surface area contributed by atoms with Crippen LogP contribution in [0.5, 0.6) is 5.75 Å². The van der Waals surface area contributed by atoms with E-state index in [0.717, 1.165) is 10.0 Å². The SMILES string of the molecule is CCOc1cc(Br)c(C)cc1C(C)=O. The summed E-state index contributed by atoms with van der Waals surface area (Å²) in [5.41, 5.74) is 1.69. The van der Waals surface area contributed by atoms with Gasteiger partial charge in [-0.1, -0.05) is 15.9 Å². The summed E-state index contributed by atoms with van der Waals surface area (Å²) in [7, 11) is 0. The fraction of sp³-hybridized carbons (Fsp3) is 0.364. The van der Waals surface area contributed by atoms with Crippen molar-refractivity contribution in [2.45, 2.75) is 20.8 Å². The lowest BCUT2D eigenvalue weighted by Crippen LogP contribution is -2.01. The molecule has 0 amide bonds. The van der Waals surface area contributed by atoms with Gasteiger partial charge >= 0.3 is 0 Å². The number of carbonyl (C=O) groups is 1. The number of rotatable bonds is 3. The van der Waals surface area contributed by atoms with E-state index in [9.17, 15) is 4.79 Å². The van der Waals surface area contributed by atoms with Crippen molar-refractivity contribution in [3.8, 4) is 5.75 Å². The Balaban J connectivity index is 3.24. The van der Waals surface area contributed by atoms with Gasteiger partial charge in [-0.25, -0.2) is 0 Å². The highest BCUT2D eigenvalue weighted by Gasteiger charge is 2.10. The molecule has 0 aliphatic carbocycles. The number of ether oxygens (including phenoxy) is 1. The fourth-order valence-corrected chi connectivity index (χ4v) is 1.54. The molecule has 1 aromatic rings. The van der Waals surface area contributed by atoms with Gasteiger partial charge in [0.1, 0.15) is 5.75 Å².